The minimum atomic E-state index is -0.577. The molecule has 4 heterocycles. The third kappa shape index (κ3) is 3.92. The third-order valence-electron chi connectivity index (χ3n) is 5.98. The average molecular weight is 489 g/mol. The Morgan fingerprint density at radius 2 is 2.00 bits per heavy atom. The normalized spacial score (nSPS) is 15.2. The van der Waals surface area contributed by atoms with Gasteiger partial charge in [-0.1, -0.05) is 6.07 Å². The Kier molecular flexibility index (Phi) is 5.23. The molecule has 6 rings (SSSR count). The Morgan fingerprint density at radius 1 is 1.17 bits per heavy atom. The Hall–Kier alpha value is -3.82. The van der Waals surface area contributed by atoms with Gasteiger partial charge in [-0.2, -0.15) is 16.4 Å². The fraction of sp³-hybridized carbons (Fsp3) is 0.192. The molecule has 35 heavy (non-hydrogen) atoms. The summed E-state index contributed by atoms with van der Waals surface area (Å²) < 4.78 is 29.4. The maximum absolute atomic E-state index is 14.4. The van der Waals surface area contributed by atoms with E-state index in [-0.39, 0.29) is 18.7 Å². The molecule has 2 aromatic carbocycles. The van der Waals surface area contributed by atoms with E-state index in [0.29, 0.717) is 27.9 Å². The molecule has 0 aliphatic carbocycles. The molecule has 3 aromatic heterocycles. The molecule has 0 amide bonds. The van der Waals surface area contributed by atoms with Gasteiger partial charge in [0, 0.05) is 22.1 Å². The molecule has 0 bridgehead atoms. The van der Waals surface area contributed by atoms with Gasteiger partial charge in [-0.25, -0.2) is 14.1 Å². The number of fused-ring (bicyclic) bond motifs is 2. The topological polar surface area (TPSA) is 71.2 Å². The molecule has 0 fully saturated rings. The molecule has 0 N–H and O–H groups in total. The van der Waals surface area contributed by atoms with Crippen molar-refractivity contribution in [3.8, 4) is 11.4 Å². The number of aryl methyl sites for hydroxylation is 2. The Labute approximate surface area is 204 Å². The van der Waals surface area contributed by atoms with Crippen molar-refractivity contribution < 1.29 is 13.9 Å². The van der Waals surface area contributed by atoms with Gasteiger partial charge in [0.05, 0.1) is 25.0 Å². The molecule has 1 unspecified atom stereocenters. The van der Waals surface area contributed by atoms with Crippen molar-refractivity contribution >= 4 is 22.4 Å². The van der Waals surface area contributed by atoms with E-state index in [4.69, 9.17) is 9.47 Å². The first-order chi connectivity index (χ1) is 17.0. The van der Waals surface area contributed by atoms with Crippen LogP contribution in [0.15, 0.2) is 64.5 Å². The number of ether oxygens (including phenoxy) is 2. The zero-order valence-corrected chi connectivity index (χ0v) is 19.9. The van der Waals surface area contributed by atoms with Crippen molar-refractivity contribution in [1.82, 2.24) is 19.3 Å². The molecule has 0 spiro atoms. The van der Waals surface area contributed by atoms with Gasteiger partial charge in [0.15, 0.2) is 5.65 Å². The summed E-state index contributed by atoms with van der Waals surface area (Å²) in [4.78, 5) is 17.9. The zero-order chi connectivity index (χ0) is 24.1. The van der Waals surface area contributed by atoms with Crippen LogP contribution in [0.2, 0.25) is 0 Å². The number of benzene rings is 2. The summed E-state index contributed by atoms with van der Waals surface area (Å²) >= 11 is 1.55. The van der Waals surface area contributed by atoms with Crippen molar-refractivity contribution in [2.45, 2.75) is 33.3 Å². The highest BCUT2D eigenvalue weighted by molar-refractivity contribution is 7.07. The second kappa shape index (κ2) is 8.44. The smallest absolute Gasteiger partial charge is 0.264 e. The SMILES string of the molecule is Cc1cc(C)cc(-n2ncc3c(=O)n(Cc4cc(F)cc5c4OC(c4ccsc4)OC5)cnc32)c1. The number of aromatic nitrogens is 4. The first-order valence-corrected chi connectivity index (χ1v) is 12.0. The predicted octanol–water partition coefficient (Wildman–Crippen LogP) is 5.06. The van der Waals surface area contributed by atoms with Gasteiger partial charge >= 0.3 is 0 Å². The van der Waals surface area contributed by atoms with Crippen LogP contribution in [0.25, 0.3) is 16.7 Å². The quantitative estimate of drug-likeness (QED) is 0.354. The summed E-state index contributed by atoms with van der Waals surface area (Å²) in [6.45, 7) is 4.35. The van der Waals surface area contributed by atoms with Crippen LogP contribution in [0.1, 0.15) is 34.1 Å². The predicted molar refractivity (Wildman–Crippen MR) is 131 cm³/mol. The van der Waals surface area contributed by atoms with E-state index in [9.17, 15) is 9.18 Å². The lowest BCUT2D eigenvalue weighted by Gasteiger charge is -2.28. The average Bonchev–Trinajstić information content (AvgIpc) is 3.50. The van der Waals surface area contributed by atoms with Crippen LogP contribution in [-0.2, 0) is 17.9 Å². The van der Waals surface area contributed by atoms with Crippen LogP contribution in [0.4, 0.5) is 4.39 Å². The molecule has 1 aliphatic rings. The van der Waals surface area contributed by atoms with Crippen molar-refractivity contribution in [1.29, 1.82) is 0 Å². The van der Waals surface area contributed by atoms with E-state index in [1.807, 2.05) is 42.8 Å². The van der Waals surface area contributed by atoms with E-state index in [1.54, 1.807) is 16.0 Å². The van der Waals surface area contributed by atoms with E-state index in [0.717, 1.165) is 22.4 Å². The lowest BCUT2D eigenvalue weighted by Crippen LogP contribution is -2.23. The summed E-state index contributed by atoms with van der Waals surface area (Å²) in [5.41, 5.74) is 5.30. The summed E-state index contributed by atoms with van der Waals surface area (Å²) in [7, 11) is 0. The van der Waals surface area contributed by atoms with Gasteiger partial charge < -0.3 is 9.47 Å². The fourth-order valence-corrected chi connectivity index (χ4v) is 5.14. The summed E-state index contributed by atoms with van der Waals surface area (Å²) in [6.07, 6.45) is 2.42. The number of hydrogen-bond donors (Lipinski definition) is 0. The summed E-state index contributed by atoms with van der Waals surface area (Å²) in [5, 5.41) is 8.71. The van der Waals surface area contributed by atoms with Gasteiger partial charge in [-0.05, 0) is 60.7 Å². The highest BCUT2D eigenvalue weighted by atomic mass is 32.1. The lowest BCUT2D eigenvalue weighted by atomic mass is 10.1. The van der Waals surface area contributed by atoms with Crippen LogP contribution in [0.5, 0.6) is 5.75 Å². The number of nitrogens with zero attached hydrogens (tertiary/aromatic N) is 4. The van der Waals surface area contributed by atoms with Crippen LogP contribution in [0.3, 0.4) is 0 Å². The summed E-state index contributed by atoms with van der Waals surface area (Å²) in [6, 6.07) is 10.8. The molecule has 1 atom stereocenters. The maximum atomic E-state index is 14.4. The largest absolute Gasteiger partial charge is 0.460 e. The first kappa shape index (κ1) is 21.7. The van der Waals surface area contributed by atoms with E-state index >= 15 is 0 Å². The first-order valence-electron chi connectivity index (χ1n) is 11.1. The molecule has 0 saturated heterocycles. The minimum Gasteiger partial charge on any atom is -0.460 e. The second-order valence-electron chi connectivity index (χ2n) is 8.69. The minimum absolute atomic E-state index is 0.104. The molecule has 9 heteroatoms. The molecule has 0 saturated carbocycles. The standard InChI is InChI=1S/C26H21FN4O3S/c1-15-5-16(2)7-21(6-15)31-24-22(10-29-31)25(32)30(14-28-24)11-18-8-20(27)9-19-12-33-26(34-23(18)19)17-3-4-35-13-17/h3-10,13-14,26H,11-12H2,1-2H3. The molecule has 7 nitrogen and oxygen atoms in total. The fourth-order valence-electron chi connectivity index (χ4n) is 4.47. The molecule has 0 radical (unpaired) electrons. The van der Waals surface area contributed by atoms with Crippen molar-refractivity contribution in [3.63, 3.8) is 0 Å². The maximum Gasteiger partial charge on any atom is 0.264 e. The van der Waals surface area contributed by atoms with E-state index in [2.05, 4.69) is 16.1 Å². The monoisotopic (exact) mass is 488 g/mol. The molecule has 1 aliphatic heterocycles. The van der Waals surface area contributed by atoms with Gasteiger partial charge in [0.2, 0.25) is 6.29 Å². The second-order valence-corrected chi connectivity index (χ2v) is 9.47. The van der Waals surface area contributed by atoms with Gasteiger partial charge in [-0.15, -0.1) is 0 Å². The summed E-state index contributed by atoms with van der Waals surface area (Å²) in [5.74, 6) is 0.122. The number of halogens is 1. The highest BCUT2D eigenvalue weighted by Gasteiger charge is 2.26. The highest BCUT2D eigenvalue weighted by Crippen LogP contribution is 2.37. The van der Waals surface area contributed by atoms with Crippen molar-refractivity contribution in [3.05, 3.63) is 104 Å². The van der Waals surface area contributed by atoms with Gasteiger partial charge in [-0.3, -0.25) is 9.36 Å². The molecular formula is C26H21FN4O3S. The Balaban J connectivity index is 1.38. The number of thiophene rings is 1. The Morgan fingerprint density at radius 3 is 2.77 bits per heavy atom. The molecular weight excluding hydrogens is 467 g/mol. The van der Waals surface area contributed by atoms with Crippen LogP contribution in [-0.4, -0.2) is 19.3 Å². The van der Waals surface area contributed by atoms with Crippen LogP contribution >= 0.6 is 11.3 Å². The Bertz CT molecular complexity index is 1600. The molecule has 5 aromatic rings. The van der Waals surface area contributed by atoms with Crippen molar-refractivity contribution in [2.24, 2.45) is 0 Å². The van der Waals surface area contributed by atoms with Gasteiger partial charge in [0.1, 0.15) is 23.3 Å². The lowest BCUT2D eigenvalue weighted by molar-refractivity contribution is -0.111. The van der Waals surface area contributed by atoms with Crippen LogP contribution < -0.4 is 10.3 Å². The number of rotatable bonds is 4. The third-order valence-corrected chi connectivity index (χ3v) is 6.69. The van der Waals surface area contributed by atoms with Crippen LogP contribution in [0, 0.1) is 19.7 Å². The zero-order valence-electron chi connectivity index (χ0n) is 19.1. The van der Waals surface area contributed by atoms with Crippen molar-refractivity contribution in [2.75, 3.05) is 0 Å². The number of hydrogen-bond acceptors (Lipinski definition) is 6. The van der Waals surface area contributed by atoms with Gasteiger partial charge in [0.25, 0.3) is 5.56 Å². The van der Waals surface area contributed by atoms with E-state index < -0.39 is 12.1 Å². The van der Waals surface area contributed by atoms with E-state index in [1.165, 1.54) is 29.2 Å². The molecule has 176 valence electrons.